The summed E-state index contributed by atoms with van der Waals surface area (Å²) in [6.07, 6.45) is 0. The van der Waals surface area contributed by atoms with Crippen molar-refractivity contribution in [1.29, 1.82) is 0 Å². The molecule has 0 saturated carbocycles. The van der Waals surface area contributed by atoms with Crippen molar-refractivity contribution in [2.75, 3.05) is 0 Å². The maximum atomic E-state index is 3.89. The normalized spacial score (nSPS) is 0.0488. The Bertz CT molecular complexity index is 15.6. The molecule has 0 rings (SSSR count). The Balaban J connectivity index is -0.00000000000158. The van der Waals surface area contributed by atoms with Crippen LogP contribution in [-0.4, -0.2) is 0 Å². The van der Waals surface area contributed by atoms with Crippen molar-refractivity contribution in [2.45, 2.75) is 594 Å². The SMILES string of the molecule is C.C.C.C.C.C.C.C.C.C.C.C.C.C.C.C.C.C.C.C.C.C.C.C.C.C.C.C.C.C.C.C.C.C.C.C.C.C.C.C.C.C.C.C.C.C.C.C.C.C.C.C.C.C.C.C.C.C.C.C.C.C.C.C.C.C.C.C.C.C.C.C.C.C.C.C.C.C.C.C.P=S. The van der Waals surface area contributed by atoms with Gasteiger partial charge in [-0.2, -0.15) is 0 Å². The van der Waals surface area contributed by atoms with Crippen molar-refractivity contribution >= 4 is 19.8 Å². The van der Waals surface area contributed by atoms with E-state index in [2.05, 4.69) is 19.8 Å². The van der Waals surface area contributed by atoms with Crippen molar-refractivity contribution < 1.29 is 0 Å². The van der Waals surface area contributed by atoms with Crippen LogP contribution in [0, 0.1) is 0 Å². The van der Waals surface area contributed by atoms with E-state index in [9.17, 15) is 0 Å². The number of hydrogen-bond donors (Lipinski definition) is 0. The monoisotopic (exact) mass is 1350 g/mol. The molecule has 0 aromatic rings. The summed E-state index contributed by atoms with van der Waals surface area (Å²) in [6.45, 7) is 0. The molecular formula is C80H321PS. The van der Waals surface area contributed by atoms with E-state index in [1.54, 1.807) is 0 Å². The Morgan fingerprint density at radius 3 is 0.0488 bits per heavy atom. The molecule has 82 heavy (non-hydrogen) atoms. The van der Waals surface area contributed by atoms with Gasteiger partial charge in [0.1, 0.15) is 0 Å². The molecule has 0 bridgehead atoms. The minimum Gasteiger partial charge on any atom is -0.0776 e. The Labute approximate surface area is 610 Å². The molecule has 652 valence electrons. The highest BCUT2D eigenvalue weighted by Gasteiger charge is 0.655. The lowest BCUT2D eigenvalue weighted by Gasteiger charge is -0.760. The fraction of sp³-hybridized carbons (Fsp3) is 1.00. The van der Waals surface area contributed by atoms with Crippen LogP contribution in [0.4, 0.5) is 0 Å². The molecule has 0 aromatic carbocycles. The second-order valence-corrected chi connectivity index (χ2v) is 0. The average molecular weight is 1350 g/mol. The molecular weight excluding hydrogens is 1020 g/mol. The molecule has 0 aliphatic heterocycles. The van der Waals surface area contributed by atoms with E-state index in [0.29, 0.717) is 0 Å². The molecule has 0 aliphatic carbocycles. The van der Waals surface area contributed by atoms with Gasteiger partial charge in [0.05, 0.1) is 0 Å². The topological polar surface area (TPSA) is 0 Å². The molecule has 0 aliphatic rings. The zero-order valence-corrected chi connectivity index (χ0v) is 2.72. The van der Waals surface area contributed by atoms with E-state index in [1.807, 2.05) is 0 Å². The molecule has 0 heterocycles. The quantitative estimate of drug-likeness (QED) is 0.218. The van der Waals surface area contributed by atoms with E-state index < -0.39 is 0 Å². The van der Waals surface area contributed by atoms with Crippen molar-refractivity contribution in [3.05, 3.63) is 0 Å². The van der Waals surface area contributed by atoms with Gasteiger partial charge in [-0.25, -0.2) is 0 Å². The van der Waals surface area contributed by atoms with Crippen molar-refractivity contribution in [3.63, 3.8) is 0 Å². The third kappa shape index (κ3) is 1880000. The highest BCUT2D eigenvalue weighted by atomic mass is 32.4. The van der Waals surface area contributed by atoms with E-state index in [0.717, 1.165) is 0 Å². The summed E-state index contributed by atoms with van der Waals surface area (Å²) < 4.78 is 0. The summed E-state index contributed by atoms with van der Waals surface area (Å²) in [6, 6.07) is 0. The minimum absolute atomic E-state index is 0. The smallest absolute Gasteiger partial charge is 0.0437 e. The predicted molar refractivity (Wildman–Crippen MR) is 554 cm³/mol. The van der Waals surface area contributed by atoms with Crippen LogP contribution < -0.4 is 0 Å². The van der Waals surface area contributed by atoms with Gasteiger partial charge in [0.2, 0.25) is 0 Å². The lowest BCUT2D eigenvalue weighted by molar-refractivity contribution is 2.50. The third-order valence-corrected chi connectivity index (χ3v) is 0. The zero-order valence-electron chi connectivity index (χ0n) is 0.908. The minimum atomic E-state index is 0. The zero-order chi connectivity index (χ0) is 2.00. The van der Waals surface area contributed by atoms with Crippen molar-refractivity contribution in [2.24, 2.45) is 0 Å². The lowest BCUT2D eigenvalue weighted by Crippen LogP contribution is -0.399. The first-order chi connectivity index (χ1) is 1.00. The standard InChI is InChI=1S/80CH4.HPS/c;;;;;;;;;;;;;;;;;;;;;;;;;;;;;;;;;;;;;;;;;;;;;;;;;;;;;;;;;;;;;;;;;;;;;;;;;;;;;;;;1-2/h80*1H4;1H. The average Bonchev–Trinajstić information content (AvgIpc) is 1.00. The fourth-order valence-corrected chi connectivity index (χ4v) is 0. The van der Waals surface area contributed by atoms with Crippen molar-refractivity contribution in [1.82, 2.24) is 0 Å². The van der Waals surface area contributed by atoms with Gasteiger partial charge in [0.25, 0.3) is 0 Å². The Kier molecular flexibility index (Phi) is 5660000000. The van der Waals surface area contributed by atoms with Crippen LogP contribution in [-0.2, 0) is 11.8 Å². The summed E-state index contributed by atoms with van der Waals surface area (Å²) in [7, 11) is 2.56. The van der Waals surface area contributed by atoms with Gasteiger partial charge in [-0.05, 0) is 8.02 Å². The number of hydrogen-bond acceptors (Lipinski definition) is 1. The van der Waals surface area contributed by atoms with Crippen molar-refractivity contribution in [3.8, 4) is 0 Å². The molecule has 0 spiro atoms. The highest BCUT2D eigenvalue weighted by molar-refractivity contribution is 7.88. The van der Waals surface area contributed by atoms with Gasteiger partial charge in [-0.1, -0.05) is 606 Å². The first kappa shape index (κ1) is 237000. The van der Waals surface area contributed by atoms with Crippen LogP contribution in [0.2, 0.25) is 0 Å². The molecule has 2 heteroatoms. The Morgan fingerprint density at radius 2 is 0.0488 bits per heavy atom. The van der Waals surface area contributed by atoms with Gasteiger partial charge < -0.3 is 0 Å². The van der Waals surface area contributed by atoms with Crippen LogP contribution in [0.5, 0.6) is 0 Å². The Hall–Kier alpha value is 0.520. The van der Waals surface area contributed by atoms with Crippen LogP contribution in [0.1, 0.15) is 594 Å². The molecule has 0 N–H and O–H groups in total. The second kappa shape index (κ2) is 1950000. The number of rotatable bonds is 0. The molecule has 0 aromatic heterocycles. The highest BCUT2D eigenvalue weighted by Crippen LogP contribution is 1.26. The van der Waals surface area contributed by atoms with E-state index in [-0.39, 0.29) is 594 Å². The van der Waals surface area contributed by atoms with Crippen LogP contribution in [0.15, 0.2) is 0 Å². The van der Waals surface area contributed by atoms with E-state index in [1.165, 1.54) is 0 Å². The molecule has 0 fully saturated rings. The second-order valence-electron chi connectivity index (χ2n) is 0. The molecule has 0 saturated heterocycles. The van der Waals surface area contributed by atoms with Gasteiger partial charge in [0.15, 0.2) is 0 Å². The predicted octanol–water partition coefficient (Wildman–Crippen LogP) is 51.5. The third-order valence-electron chi connectivity index (χ3n) is 0. The van der Waals surface area contributed by atoms with E-state index in [4.69, 9.17) is 0 Å². The lowest BCUT2D eigenvalue weighted by atomic mass is 12.0. The van der Waals surface area contributed by atoms with Gasteiger partial charge in [-0.3, -0.25) is 0 Å². The first-order valence-electron chi connectivity index (χ1n) is 0.204. The maximum Gasteiger partial charge on any atom is -0.0437 e. The summed E-state index contributed by atoms with van der Waals surface area (Å²) in [4.78, 5) is 0. The van der Waals surface area contributed by atoms with E-state index >= 15 is 0 Å². The molecule has 0 nitrogen and oxygen atoms in total. The van der Waals surface area contributed by atoms with Crippen LogP contribution in [0.25, 0.3) is 0 Å². The molecule has 0 atom stereocenters. The van der Waals surface area contributed by atoms with Crippen LogP contribution >= 0.6 is 8.02 Å². The Morgan fingerprint density at radius 1 is 0.0488 bits per heavy atom. The summed E-state index contributed by atoms with van der Waals surface area (Å²) in [5.74, 6) is 0. The molecule has 0 radical (unpaired) electrons. The largest absolute Gasteiger partial charge is 0.0776 e. The summed E-state index contributed by atoms with van der Waals surface area (Å²) >= 11 is 3.89. The molecule has 0 unspecified atom stereocenters. The summed E-state index contributed by atoms with van der Waals surface area (Å²) in [5.41, 5.74) is 0. The maximum absolute atomic E-state index is 3.89. The fourth-order valence-electron chi connectivity index (χ4n) is 0. The van der Waals surface area contributed by atoms with Gasteiger partial charge >= 0.3 is 0 Å². The van der Waals surface area contributed by atoms with Crippen LogP contribution in [0.3, 0.4) is 0 Å². The van der Waals surface area contributed by atoms with Gasteiger partial charge in [-0.15, -0.1) is 0 Å². The molecule has 0 amide bonds. The summed E-state index contributed by atoms with van der Waals surface area (Å²) in [5, 5.41) is 0. The van der Waals surface area contributed by atoms with Gasteiger partial charge in [0, 0.05) is 0 Å². The first-order valence-corrected chi connectivity index (χ1v) is 1.84.